The highest BCUT2D eigenvalue weighted by molar-refractivity contribution is 5.94. The predicted molar refractivity (Wildman–Crippen MR) is 106 cm³/mol. The first-order valence-electron chi connectivity index (χ1n) is 9.92. The average molecular weight is 354 g/mol. The second-order valence-corrected chi connectivity index (χ2v) is 8.25. The summed E-state index contributed by atoms with van der Waals surface area (Å²) in [5.74, 6) is 0.598. The third-order valence-electron chi connectivity index (χ3n) is 5.86. The van der Waals surface area contributed by atoms with Crippen LogP contribution in [0.1, 0.15) is 68.9 Å². The molecule has 1 aromatic heterocycles. The maximum absolute atomic E-state index is 12.4. The third-order valence-corrected chi connectivity index (χ3v) is 5.86. The molecular formula is C22H31N3O. The fraction of sp³-hybridized carbons (Fsp3) is 0.545. The molecule has 1 amide bonds. The van der Waals surface area contributed by atoms with Gasteiger partial charge in [-0.25, -0.2) is 0 Å². The van der Waals surface area contributed by atoms with Crippen LogP contribution in [0.25, 0.3) is 11.3 Å². The minimum Gasteiger partial charge on any atom is -0.352 e. The maximum atomic E-state index is 12.4. The second kappa shape index (κ2) is 8.07. The molecule has 4 heteroatoms. The van der Waals surface area contributed by atoms with E-state index in [0.717, 1.165) is 24.2 Å². The van der Waals surface area contributed by atoms with Crippen LogP contribution < -0.4 is 5.32 Å². The number of carbonyl (C=O) groups is 1. The molecule has 0 spiro atoms. The van der Waals surface area contributed by atoms with Crippen LogP contribution in [-0.2, 0) is 6.42 Å². The Morgan fingerprint density at radius 2 is 2.08 bits per heavy atom. The molecule has 2 aromatic rings. The first-order valence-corrected chi connectivity index (χ1v) is 9.92. The Bertz CT molecular complexity index is 730. The lowest BCUT2D eigenvalue weighted by Gasteiger charge is -2.27. The lowest BCUT2D eigenvalue weighted by Crippen LogP contribution is -2.33. The quantitative estimate of drug-likeness (QED) is 0.738. The van der Waals surface area contributed by atoms with Gasteiger partial charge in [0.2, 0.25) is 0 Å². The summed E-state index contributed by atoms with van der Waals surface area (Å²) < 4.78 is 0. The van der Waals surface area contributed by atoms with Gasteiger partial charge in [0.05, 0.1) is 5.69 Å². The number of nitrogens with zero attached hydrogens (tertiary/aromatic N) is 1. The van der Waals surface area contributed by atoms with E-state index in [9.17, 15) is 4.79 Å². The minimum absolute atomic E-state index is 0.0184. The Kier molecular flexibility index (Phi) is 5.80. The highest BCUT2D eigenvalue weighted by Crippen LogP contribution is 2.42. The number of nitrogens with one attached hydrogen (secondary N) is 2. The highest BCUT2D eigenvalue weighted by atomic mass is 16.1. The van der Waals surface area contributed by atoms with Crippen molar-refractivity contribution in [3.63, 3.8) is 0 Å². The zero-order valence-electron chi connectivity index (χ0n) is 16.3. The van der Waals surface area contributed by atoms with E-state index in [1.54, 1.807) is 0 Å². The van der Waals surface area contributed by atoms with Gasteiger partial charge in [-0.05, 0) is 55.2 Å². The number of unbranched alkanes of at least 4 members (excludes halogenated alkanes) is 1. The Hall–Kier alpha value is -2.10. The average Bonchev–Trinajstić information content (AvgIpc) is 3.24. The first-order chi connectivity index (χ1) is 12.5. The van der Waals surface area contributed by atoms with Crippen LogP contribution in [-0.4, -0.2) is 22.6 Å². The van der Waals surface area contributed by atoms with Crippen molar-refractivity contribution in [2.75, 3.05) is 6.54 Å². The van der Waals surface area contributed by atoms with Gasteiger partial charge in [-0.3, -0.25) is 9.89 Å². The molecule has 1 aromatic carbocycles. The number of aryl methyl sites for hydroxylation is 1. The second-order valence-electron chi connectivity index (χ2n) is 8.25. The maximum Gasteiger partial charge on any atom is 0.251 e. The van der Waals surface area contributed by atoms with Crippen molar-refractivity contribution in [3.05, 3.63) is 41.6 Å². The van der Waals surface area contributed by atoms with Crippen LogP contribution >= 0.6 is 0 Å². The molecule has 1 aliphatic carbocycles. The molecule has 0 saturated heterocycles. The van der Waals surface area contributed by atoms with E-state index in [1.807, 2.05) is 24.3 Å². The zero-order valence-corrected chi connectivity index (χ0v) is 16.3. The lowest BCUT2D eigenvalue weighted by atomic mass is 9.82. The van der Waals surface area contributed by atoms with Crippen LogP contribution in [0.2, 0.25) is 0 Å². The number of hydrogen-bond donors (Lipinski definition) is 2. The van der Waals surface area contributed by atoms with Crippen LogP contribution in [0.15, 0.2) is 30.3 Å². The Balaban J connectivity index is 1.58. The highest BCUT2D eigenvalue weighted by Gasteiger charge is 2.34. The monoisotopic (exact) mass is 353 g/mol. The summed E-state index contributed by atoms with van der Waals surface area (Å²) in [5, 5.41) is 10.6. The van der Waals surface area contributed by atoms with E-state index in [0.29, 0.717) is 16.9 Å². The molecule has 1 atom stereocenters. The van der Waals surface area contributed by atoms with Gasteiger partial charge < -0.3 is 5.32 Å². The van der Waals surface area contributed by atoms with E-state index < -0.39 is 0 Å². The molecule has 3 rings (SSSR count). The SMILES string of the molecule is CCCCc1cc(-c2ccc(C(=O)NCC3CCCC3(C)C)cc2)n[nH]1. The van der Waals surface area contributed by atoms with Gasteiger partial charge in [-0.1, -0.05) is 45.7 Å². The summed E-state index contributed by atoms with van der Waals surface area (Å²) in [6, 6.07) is 9.85. The largest absolute Gasteiger partial charge is 0.352 e. The number of aromatic amines is 1. The predicted octanol–water partition coefficient (Wildman–Crippen LogP) is 4.98. The molecule has 0 aliphatic heterocycles. The molecule has 1 aliphatic rings. The zero-order chi connectivity index (χ0) is 18.6. The van der Waals surface area contributed by atoms with Gasteiger partial charge in [0.25, 0.3) is 5.91 Å². The van der Waals surface area contributed by atoms with Gasteiger partial charge in [0.15, 0.2) is 0 Å². The van der Waals surface area contributed by atoms with Crippen molar-refractivity contribution in [3.8, 4) is 11.3 Å². The molecule has 1 unspecified atom stereocenters. The van der Waals surface area contributed by atoms with Gasteiger partial charge in [0, 0.05) is 23.4 Å². The summed E-state index contributed by atoms with van der Waals surface area (Å²) in [6.07, 6.45) is 7.11. The standard InChI is InChI=1S/C22H31N3O/c1-4-5-8-19-14-20(25-24-19)16-9-11-17(12-10-16)21(26)23-15-18-7-6-13-22(18,2)3/h9-12,14,18H,4-8,13,15H2,1-3H3,(H,23,26)(H,24,25). The van der Waals surface area contributed by atoms with E-state index in [4.69, 9.17) is 0 Å². The number of H-pyrrole nitrogens is 1. The number of benzene rings is 1. The van der Waals surface area contributed by atoms with Crippen LogP contribution in [0.5, 0.6) is 0 Å². The Labute approximate surface area is 156 Å². The van der Waals surface area contributed by atoms with Crippen molar-refractivity contribution in [2.45, 2.75) is 59.3 Å². The molecule has 140 valence electrons. The molecule has 26 heavy (non-hydrogen) atoms. The van der Waals surface area contributed by atoms with E-state index in [2.05, 4.69) is 42.4 Å². The summed E-state index contributed by atoms with van der Waals surface area (Å²) in [4.78, 5) is 12.4. The van der Waals surface area contributed by atoms with Crippen LogP contribution in [0.4, 0.5) is 0 Å². The fourth-order valence-electron chi connectivity index (χ4n) is 3.89. The smallest absolute Gasteiger partial charge is 0.251 e. The van der Waals surface area contributed by atoms with Gasteiger partial charge in [-0.15, -0.1) is 0 Å². The molecular weight excluding hydrogens is 322 g/mol. The van der Waals surface area contributed by atoms with Crippen molar-refractivity contribution < 1.29 is 4.79 Å². The molecule has 1 saturated carbocycles. The molecule has 0 bridgehead atoms. The molecule has 2 N–H and O–H groups in total. The number of carbonyl (C=O) groups excluding carboxylic acids is 1. The van der Waals surface area contributed by atoms with Crippen molar-refractivity contribution in [2.24, 2.45) is 11.3 Å². The first kappa shape index (κ1) is 18.7. The minimum atomic E-state index is 0.0184. The summed E-state index contributed by atoms with van der Waals surface area (Å²) in [5.41, 5.74) is 4.20. The normalized spacial score (nSPS) is 18.8. The van der Waals surface area contributed by atoms with E-state index in [1.165, 1.54) is 37.8 Å². The van der Waals surface area contributed by atoms with Gasteiger partial charge >= 0.3 is 0 Å². The molecule has 1 heterocycles. The summed E-state index contributed by atoms with van der Waals surface area (Å²) >= 11 is 0. The summed E-state index contributed by atoms with van der Waals surface area (Å²) in [6.45, 7) is 7.58. The lowest BCUT2D eigenvalue weighted by molar-refractivity contribution is 0.0937. The third kappa shape index (κ3) is 4.35. The Morgan fingerprint density at radius 1 is 1.31 bits per heavy atom. The van der Waals surface area contributed by atoms with E-state index in [-0.39, 0.29) is 5.91 Å². The number of amides is 1. The van der Waals surface area contributed by atoms with E-state index >= 15 is 0 Å². The molecule has 4 nitrogen and oxygen atoms in total. The van der Waals surface area contributed by atoms with Crippen molar-refractivity contribution in [1.82, 2.24) is 15.5 Å². The van der Waals surface area contributed by atoms with Crippen molar-refractivity contribution >= 4 is 5.91 Å². The van der Waals surface area contributed by atoms with Gasteiger partial charge in [0.1, 0.15) is 0 Å². The number of hydrogen-bond acceptors (Lipinski definition) is 2. The number of rotatable bonds is 7. The topological polar surface area (TPSA) is 57.8 Å². The molecule has 1 fully saturated rings. The Morgan fingerprint density at radius 3 is 2.73 bits per heavy atom. The van der Waals surface area contributed by atoms with Crippen LogP contribution in [0, 0.1) is 11.3 Å². The van der Waals surface area contributed by atoms with Crippen molar-refractivity contribution in [1.29, 1.82) is 0 Å². The number of aromatic nitrogens is 2. The summed E-state index contributed by atoms with van der Waals surface area (Å²) in [7, 11) is 0. The fourth-order valence-corrected chi connectivity index (χ4v) is 3.89. The van der Waals surface area contributed by atoms with Crippen LogP contribution in [0.3, 0.4) is 0 Å². The van der Waals surface area contributed by atoms with Gasteiger partial charge in [-0.2, -0.15) is 5.10 Å². The molecule has 0 radical (unpaired) electrons.